The van der Waals surface area contributed by atoms with Crippen molar-refractivity contribution in [1.29, 1.82) is 0 Å². The van der Waals surface area contributed by atoms with Crippen LogP contribution in [0, 0.1) is 12.7 Å². The zero-order valence-electron chi connectivity index (χ0n) is 16.7. The number of phenols is 1. The summed E-state index contributed by atoms with van der Waals surface area (Å²) in [5.41, 5.74) is 3.54. The Morgan fingerprint density at radius 1 is 1.32 bits per heavy atom. The van der Waals surface area contributed by atoms with Crippen LogP contribution in [-0.4, -0.2) is 49.9 Å². The molecule has 3 N–H and O–H groups in total. The van der Waals surface area contributed by atoms with Crippen LogP contribution in [0.15, 0.2) is 24.3 Å². The zero-order valence-corrected chi connectivity index (χ0v) is 16.7. The lowest BCUT2D eigenvalue weighted by atomic mass is 9.97. The van der Waals surface area contributed by atoms with Crippen molar-refractivity contribution >= 4 is 11.0 Å². The Balaban J connectivity index is 1.79. The maximum atomic E-state index is 14.5. The van der Waals surface area contributed by atoms with Crippen molar-refractivity contribution in [3.63, 3.8) is 0 Å². The summed E-state index contributed by atoms with van der Waals surface area (Å²) in [6.45, 7) is 11.1. The Bertz CT molecular complexity index is 1030. The van der Waals surface area contributed by atoms with E-state index in [1.807, 2.05) is 13.0 Å². The SMILES string of the molecule is Cc1n[nH]c2nc(-c3ccc(O)cc3F)cc(CN3CC(C)(C)NCC3C)c12. The number of pyridine rings is 1. The predicted molar refractivity (Wildman–Crippen MR) is 108 cm³/mol. The Kier molecular flexibility index (Phi) is 4.59. The molecule has 7 heteroatoms. The summed E-state index contributed by atoms with van der Waals surface area (Å²) in [4.78, 5) is 7.03. The summed E-state index contributed by atoms with van der Waals surface area (Å²) < 4.78 is 14.5. The van der Waals surface area contributed by atoms with Gasteiger partial charge in [0.2, 0.25) is 0 Å². The molecule has 3 heterocycles. The molecule has 0 radical (unpaired) electrons. The van der Waals surface area contributed by atoms with Gasteiger partial charge >= 0.3 is 0 Å². The molecule has 1 fully saturated rings. The molecule has 0 amide bonds. The highest BCUT2D eigenvalue weighted by atomic mass is 19.1. The molecule has 0 spiro atoms. The monoisotopic (exact) mass is 383 g/mol. The number of hydrogen-bond donors (Lipinski definition) is 3. The van der Waals surface area contributed by atoms with Gasteiger partial charge in [0.15, 0.2) is 5.65 Å². The van der Waals surface area contributed by atoms with Crippen LogP contribution in [-0.2, 0) is 6.54 Å². The smallest absolute Gasteiger partial charge is 0.156 e. The number of rotatable bonds is 3. The van der Waals surface area contributed by atoms with Gasteiger partial charge in [0, 0.05) is 48.2 Å². The Morgan fingerprint density at radius 3 is 2.86 bits per heavy atom. The Morgan fingerprint density at radius 2 is 2.11 bits per heavy atom. The second-order valence-corrected chi connectivity index (χ2v) is 8.38. The van der Waals surface area contributed by atoms with Gasteiger partial charge in [0.25, 0.3) is 0 Å². The predicted octanol–water partition coefficient (Wildman–Crippen LogP) is 3.35. The minimum absolute atomic E-state index is 0.0377. The molecule has 0 saturated carbocycles. The third-order valence-electron chi connectivity index (χ3n) is 5.49. The highest BCUT2D eigenvalue weighted by Crippen LogP contribution is 2.30. The summed E-state index contributed by atoms with van der Waals surface area (Å²) in [5, 5.41) is 21.4. The van der Waals surface area contributed by atoms with Gasteiger partial charge in [-0.3, -0.25) is 10.00 Å². The van der Waals surface area contributed by atoms with E-state index in [2.05, 4.69) is 46.2 Å². The van der Waals surface area contributed by atoms with Crippen molar-refractivity contribution in [2.75, 3.05) is 13.1 Å². The molecule has 6 nitrogen and oxygen atoms in total. The van der Waals surface area contributed by atoms with Crippen molar-refractivity contribution in [2.24, 2.45) is 0 Å². The fourth-order valence-corrected chi connectivity index (χ4v) is 3.95. The normalized spacial score (nSPS) is 20.0. The second-order valence-electron chi connectivity index (χ2n) is 8.38. The van der Waals surface area contributed by atoms with Gasteiger partial charge < -0.3 is 10.4 Å². The zero-order chi connectivity index (χ0) is 20.1. The number of aryl methyl sites for hydroxylation is 1. The molecule has 28 heavy (non-hydrogen) atoms. The van der Waals surface area contributed by atoms with Gasteiger partial charge in [0.05, 0.1) is 11.4 Å². The molecule has 1 unspecified atom stereocenters. The first-order valence-electron chi connectivity index (χ1n) is 9.56. The van der Waals surface area contributed by atoms with Crippen LogP contribution in [0.5, 0.6) is 5.75 Å². The summed E-state index contributed by atoms with van der Waals surface area (Å²) in [6.07, 6.45) is 0. The van der Waals surface area contributed by atoms with Gasteiger partial charge in [-0.25, -0.2) is 9.37 Å². The van der Waals surface area contributed by atoms with Gasteiger partial charge in [-0.2, -0.15) is 5.10 Å². The maximum Gasteiger partial charge on any atom is 0.156 e. The summed E-state index contributed by atoms with van der Waals surface area (Å²) in [7, 11) is 0. The van der Waals surface area contributed by atoms with Gasteiger partial charge in [-0.1, -0.05) is 0 Å². The number of aromatic amines is 1. The molecule has 1 atom stereocenters. The lowest BCUT2D eigenvalue weighted by Gasteiger charge is -2.43. The van der Waals surface area contributed by atoms with Crippen LogP contribution < -0.4 is 5.32 Å². The number of nitrogens with one attached hydrogen (secondary N) is 2. The Labute approximate surface area is 163 Å². The lowest BCUT2D eigenvalue weighted by molar-refractivity contribution is 0.0982. The summed E-state index contributed by atoms with van der Waals surface area (Å²) >= 11 is 0. The number of nitrogens with zero attached hydrogens (tertiary/aromatic N) is 3. The van der Waals surface area contributed by atoms with Crippen molar-refractivity contribution in [2.45, 2.75) is 45.8 Å². The number of H-pyrrole nitrogens is 1. The first kappa shape index (κ1) is 18.8. The van der Waals surface area contributed by atoms with Crippen molar-refractivity contribution in [3.8, 4) is 17.0 Å². The van der Waals surface area contributed by atoms with Crippen molar-refractivity contribution in [3.05, 3.63) is 41.3 Å². The average Bonchev–Trinajstić information content (AvgIpc) is 2.99. The molecule has 148 valence electrons. The number of aromatic hydroxyl groups is 1. The van der Waals surface area contributed by atoms with Crippen LogP contribution >= 0.6 is 0 Å². The number of fused-ring (bicyclic) bond motifs is 1. The largest absolute Gasteiger partial charge is 0.508 e. The first-order chi connectivity index (χ1) is 13.2. The van der Waals surface area contributed by atoms with E-state index in [0.29, 0.717) is 22.9 Å². The summed E-state index contributed by atoms with van der Waals surface area (Å²) in [6, 6.07) is 6.48. The third kappa shape index (κ3) is 3.47. The number of phenolic OH excluding ortho intramolecular Hbond substituents is 1. The molecule has 1 saturated heterocycles. The molecule has 4 rings (SSSR count). The number of aromatic nitrogens is 3. The first-order valence-corrected chi connectivity index (χ1v) is 9.56. The van der Waals surface area contributed by atoms with Gasteiger partial charge in [-0.05, 0) is 51.5 Å². The standard InChI is InChI=1S/C21H26FN5O/c1-12-9-23-21(3,4)11-27(12)10-14-7-18(16-6-5-15(28)8-17(16)22)24-20-19(14)13(2)25-26-20/h5-8,12,23,28H,9-11H2,1-4H3,(H,24,25,26). The number of piperazine rings is 1. The minimum atomic E-state index is -0.495. The van der Waals surface area contributed by atoms with E-state index in [1.54, 1.807) is 6.07 Å². The molecule has 0 bridgehead atoms. The second kappa shape index (κ2) is 6.83. The minimum Gasteiger partial charge on any atom is -0.508 e. The highest BCUT2D eigenvalue weighted by molar-refractivity contribution is 5.84. The molecule has 2 aromatic heterocycles. The van der Waals surface area contributed by atoms with E-state index in [0.717, 1.165) is 42.3 Å². The number of benzene rings is 1. The van der Waals surface area contributed by atoms with Gasteiger partial charge in [-0.15, -0.1) is 0 Å². The molecule has 0 aliphatic carbocycles. The fourth-order valence-electron chi connectivity index (χ4n) is 3.95. The van der Waals surface area contributed by atoms with Crippen LogP contribution in [0.2, 0.25) is 0 Å². The fraction of sp³-hybridized carbons (Fsp3) is 0.429. The van der Waals surface area contributed by atoms with Crippen LogP contribution in [0.4, 0.5) is 4.39 Å². The molecular formula is C21H26FN5O. The van der Waals surface area contributed by atoms with E-state index in [4.69, 9.17) is 0 Å². The van der Waals surface area contributed by atoms with Crippen molar-refractivity contribution in [1.82, 2.24) is 25.4 Å². The quantitative estimate of drug-likeness (QED) is 0.647. The van der Waals surface area contributed by atoms with Crippen LogP contribution in [0.3, 0.4) is 0 Å². The third-order valence-corrected chi connectivity index (χ3v) is 5.49. The van der Waals surface area contributed by atoms with Crippen LogP contribution in [0.25, 0.3) is 22.3 Å². The maximum absolute atomic E-state index is 14.5. The average molecular weight is 383 g/mol. The van der Waals surface area contributed by atoms with Crippen LogP contribution in [0.1, 0.15) is 32.0 Å². The highest BCUT2D eigenvalue weighted by Gasteiger charge is 2.30. The molecule has 1 aliphatic rings. The topological polar surface area (TPSA) is 77.1 Å². The Hall–Kier alpha value is -2.51. The van der Waals surface area contributed by atoms with E-state index in [1.165, 1.54) is 6.07 Å². The van der Waals surface area contributed by atoms with E-state index in [9.17, 15) is 9.50 Å². The number of halogens is 1. The summed E-state index contributed by atoms with van der Waals surface area (Å²) in [5.74, 6) is -0.595. The van der Waals surface area contributed by atoms with E-state index in [-0.39, 0.29) is 11.3 Å². The molecular weight excluding hydrogens is 357 g/mol. The lowest BCUT2D eigenvalue weighted by Crippen LogP contribution is -2.60. The van der Waals surface area contributed by atoms with E-state index < -0.39 is 5.82 Å². The molecule has 1 aliphatic heterocycles. The van der Waals surface area contributed by atoms with E-state index >= 15 is 0 Å². The number of hydrogen-bond acceptors (Lipinski definition) is 5. The molecule has 3 aromatic rings. The molecule has 1 aromatic carbocycles. The van der Waals surface area contributed by atoms with Crippen molar-refractivity contribution < 1.29 is 9.50 Å². The van der Waals surface area contributed by atoms with Gasteiger partial charge in [0.1, 0.15) is 11.6 Å².